The first-order valence-electron chi connectivity index (χ1n) is 6.08. The Balaban J connectivity index is 2.77. The SMILES string of the molecule is CS(=O)c1c(C(=N)N)nn(-c2c(Cl)cc(C(F)(F)F)cc2Br)c1N. The highest BCUT2D eigenvalue weighted by Gasteiger charge is 2.33. The van der Waals surface area contributed by atoms with E-state index in [-0.39, 0.29) is 31.6 Å². The number of amidine groups is 1. The molecule has 0 saturated carbocycles. The second-order valence-corrected chi connectivity index (χ2v) is 7.21. The minimum atomic E-state index is -4.58. The standard InChI is InChI=1S/C12H10BrClF3N5OS/c1-24(23)9-7(10(18)19)21-22(11(9)20)8-5(13)2-4(3-6(8)14)12(15,16)17/h2-3H,20H2,1H3,(H3,18,19). The number of nitrogens with zero attached hydrogens (tertiary/aromatic N) is 2. The summed E-state index contributed by atoms with van der Waals surface area (Å²) in [6.45, 7) is 0. The average molecular weight is 445 g/mol. The van der Waals surface area contributed by atoms with Crippen molar-refractivity contribution in [3.05, 3.63) is 32.9 Å². The molecule has 24 heavy (non-hydrogen) atoms. The normalized spacial score (nSPS) is 13.1. The number of hydrogen-bond donors (Lipinski definition) is 3. The Morgan fingerprint density at radius 2 is 2.04 bits per heavy atom. The van der Waals surface area contributed by atoms with Crippen LogP contribution in [-0.4, -0.2) is 26.1 Å². The molecule has 12 heteroatoms. The van der Waals surface area contributed by atoms with Crippen LogP contribution in [-0.2, 0) is 17.0 Å². The summed E-state index contributed by atoms with van der Waals surface area (Å²) in [5, 5.41) is 11.2. The second-order valence-electron chi connectivity index (χ2n) is 4.63. The molecule has 130 valence electrons. The Labute approximate surface area is 150 Å². The molecule has 1 atom stereocenters. The molecule has 0 bridgehead atoms. The number of benzene rings is 1. The van der Waals surface area contributed by atoms with Gasteiger partial charge >= 0.3 is 6.18 Å². The third-order valence-corrected chi connectivity index (χ3v) is 4.84. The van der Waals surface area contributed by atoms with Crippen LogP contribution in [0.25, 0.3) is 5.69 Å². The van der Waals surface area contributed by atoms with Crippen molar-refractivity contribution in [2.24, 2.45) is 5.73 Å². The minimum absolute atomic E-state index is 0.00497. The summed E-state index contributed by atoms with van der Waals surface area (Å²) in [5.74, 6) is -0.617. The Morgan fingerprint density at radius 1 is 1.46 bits per heavy atom. The maximum Gasteiger partial charge on any atom is 0.416 e. The Bertz CT molecular complexity index is 844. The first kappa shape index (κ1) is 18.7. The van der Waals surface area contributed by atoms with Crippen LogP contribution in [0.15, 0.2) is 21.5 Å². The van der Waals surface area contributed by atoms with E-state index in [2.05, 4.69) is 21.0 Å². The largest absolute Gasteiger partial charge is 0.416 e. The zero-order chi connectivity index (χ0) is 18.4. The molecule has 0 saturated heterocycles. The number of halogens is 5. The first-order chi connectivity index (χ1) is 10.9. The number of hydrogen-bond acceptors (Lipinski definition) is 4. The van der Waals surface area contributed by atoms with Crippen LogP contribution in [0.5, 0.6) is 0 Å². The lowest BCUT2D eigenvalue weighted by Crippen LogP contribution is -2.14. The highest BCUT2D eigenvalue weighted by atomic mass is 79.9. The van der Waals surface area contributed by atoms with Gasteiger partial charge in [0, 0.05) is 10.7 Å². The maximum atomic E-state index is 12.8. The van der Waals surface area contributed by atoms with Crippen LogP contribution in [0.4, 0.5) is 19.0 Å². The van der Waals surface area contributed by atoms with Gasteiger partial charge in [0.15, 0.2) is 0 Å². The van der Waals surface area contributed by atoms with E-state index in [1.165, 1.54) is 6.26 Å². The fourth-order valence-electron chi connectivity index (χ4n) is 1.98. The molecule has 0 radical (unpaired) electrons. The van der Waals surface area contributed by atoms with Gasteiger partial charge in [-0.3, -0.25) is 9.62 Å². The van der Waals surface area contributed by atoms with E-state index in [1.54, 1.807) is 0 Å². The summed E-state index contributed by atoms with van der Waals surface area (Å²) in [5.41, 5.74) is 10.2. The van der Waals surface area contributed by atoms with Crippen molar-refractivity contribution in [1.29, 1.82) is 5.41 Å². The lowest BCUT2D eigenvalue weighted by Gasteiger charge is -2.13. The van der Waals surface area contributed by atoms with Gasteiger partial charge in [-0.2, -0.15) is 18.3 Å². The fraction of sp³-hybridized carbons (Fsp3) is 0.167. The lowest BCUT2D eigenvalue weighted by atomic mass is 10.2. The zero-order valence-corrected chi connectivity index (χ0v) is 15.1. The molecule has 0 spiro atoms. The predicted octanol–water partition coefficient (Wildman–Crippen LogP) is 2.91. The molecule has 0 aliphatic rings. The number of alkyl halides is 3. The molecular formula is C12H10BrClF3N5OS. The number of aromatic nitrogens is 2. The summed E-state index contributed by atoms with van der Waals surface area (Å²) in [6, 6.07) is 1.54. The van der Waals surface area contributed by atoms with Crippen molar-refractivity contribution >= 4 is 50.0 Å². The topological polar surface area (TPSA) is 111 Å². The van der Waals surface area contributed by atoms with E-state index in [4.69, 9.17) is 28.5 Å². The van der Waals surface area contributed by atoms with E-state index >= 15 is 0 Å². The highest BCUT2D eigenvalue weighted by Crippen LogP contribution is 2.39. The van der Waals surface area contributed by atoms with Gasteiger partial charge in [0.05, 0.1) is 27.1 Å². The molecule has 5 N–H and O–H groups in total. The lowest BCUT2D eigenvalue weighted by molar-refractivity contribution is -0.137. The van der Waals surface area contributed by atoms with Gasteiger partial charge in [-0.25, -0.2) is 4.68 Å². The minimum Gasteiger partial charge on any atom is -0.383 e. The monoisotopic (exact) mass is 443 g/mol. The predicted molar refractivity (Wildman–Crippen MR) is 89.0 cm³/mol. The van der Waals surface area contributed by atoms with Gasteiger partial charge in [-0.1, -0.05) is 11.6 Å². The molecule has 1 aromatic heterocycles. The number of nitrogens with one attached hydrogen (secondary N) is 1. The quantitative estimate of drug-likeness (QED) is 0.499. The third-order valence-electron chi connectivity index (χ3n) is 2.97. The van der Waals surface area contributed by atoms with Gasteiger partial charge in [-0.05, 0) is 28.1 Å². The fourth-order valence-corrected chi connectivity index (χ4v) is 3.82. The van der Waals surface area contributed by atoms with Crippen LogP contribution in [0, 0.1) is 5.41 Å². The molecule has 2 rings (SSSR count). The summed E-state index contributed by atoms with van der Waals surface area (Å²) < 4.78 is 51.3. The summed E-state index contributed by atoms with van der Waals surface area (Å²) in [7, 11) is -1.62. The van der Waals surface area contributed by atoms with Crippen LogP contribution in [0.2, 0.25) is 5.02 Å². The van der Waals surface area contributed by atoms with Crippen molar-refractivity contribution in [2.45, 2.75) is 11.1 Å². The van der Waals surface area contributed by atoms with E-state index < -0.39 is 28.4 Å². The van der Waals surface area contributed by atoms with Gasteiger partial charge in [0.25, 0.3) is 0 Å². The smallest absolute Gasteiger partial charge is 0.383 e. The molecule has 0 fully saturated rings. The maximum absolute atomic E-state index is 12.8. The van der Waals surface area contributed by atoms with Gasteiger partial charge in [0.1, 0.15) is 22.2 Å². The second kappa shape index (κ2) is 6.37. The number of nitrogens with two attached hydrogens (primary N) is 2. The molecule has 6 nitrogen and oxygen atoms in total. The molecule has 1 unspecified atom stereocenters. The number of nitrogen functional groups attached to an aromatic ring is 2. The third kappa shape index (κ3) is 3.28. The molecule has 2 aromatic rings. The van der Waals surface area contributed by atoms with Crippen LogP contribution in [0.3, 0.4) is 0 Å². The molecule has 0 aliphatic carbocycles. The average Bonchev–Trinajstić information content (AvgIpc) is 2.75. The molecular weight excluding hydrogens is 435 g/mol. The van der Waals surface area contributed by atoms with E-state index in [0.29, 0.717) is 0 Å². The van der Waals surface area contributed by atoms with E-state index in [9.17, 15) is 17.4 Å². The summed E-state index contributed by atoms with van der Waals surface area (Å²) >= 11 is 8.97. The van der Waals surface area contributed by atoms with E-state index in [0.717, 1.165) is 16.8 Å². The van der Waals surface area contributed by atoms with Crippen molar-refractivity contribution in [1.82, 2.24) is 9.78 Å². The van der Waals surface area contributed by atoms with Crippen LogP contribution < -0.4 is 11.5 Å². The van der Waals surface area contributed by atoms with Crippen molar-refractivity contribution in [3.63, 3.8) is 0 Å². The van der Waals surface area contributed by atoms with Crippen LogP contribution >= 0.6 is 27.5 Å². The van der Waals surface area contributed by atoms with Crippen molar-refractivity contribution in [3.8, 4) is 5.69 Å². The van der Waals surface area contributed by atoms with Gasteiger partial charge in [0.2, 0.25) is 0 Å². The van der Waals surface area contributed by atoms with Gasteiger partial charge < -0.3 is 11.5 Å². The van der Waals surface area contributed by atoms with Crippen LogP contribution in [0.1, 0.15) is 11.3 Å². The van der Waals surface area contributed by atoms with Crippen molar-refractivity contribution in [2.75, 3.05) is 12.0 Å². The number of anilines is 1. The molecule has 1 aromatic carbocycles. The first-order valence-corrected chi connectivity index (χ1v) is 8.81. The Hall–Kier alpha value is -1.59. The van der Waals surface area contributed by atoms with E-state index in [1.807, 2.05) is 0 Å². The van der Waals surface area contributed by atoms with Gasteiger partial charge in [-0.15, -0.1) is 0 Å². The summed E-state index contributed by atoms with van der Waals surface area (Å²) in [4.78, 5) is 0.00497. The molecule has 1 heterocycles. The summed E-state index contributed by atoms with van der Waals surface area (Å²) in [6.07, 6.45) is -3.27. The highest BCUT2D eigenvalue weighted by molar-refractivity contribution is 9.10. The molecule has 0 aliphatic heterocycles. The molecule has 0 amide bonds. The number of rotatable bonds is 3. The Kier molecular flexibility index (Phi) is 4.98. The zero-order valence-electron chi connectivity index (χ0n) is 11.9. The van der Waals surface area contributed by atoms with Crippen molar-refractivity contribution < 1.29 is 17.4 Å². The Morgan fingerprint density at radius 3 is 2.42 bits per heavy atom.